The maximum Gasteiger partial charge on any atom is 0.137 e. The topological polar surface area (TPSA) is 42.2 Å². The van der Waals surface area contributed by atoms with Crippen LogP contribution in [0.4, 0.5) is 5.69 Å². The van der Waals surface area contributed by atoms with Gasteiger partial charge < -0.3 is 4.90 Å². The number of rotatable bonds is 1. The molecule has 0 radical (unpaired) electrons. The maximum atomic E-state index is 4.58. The van der Waals surface area contributed by atoms with Crippen LogP contribution < -0.4 is 4.90 Å². The minimum absolute atomic E-state index is 0.792. The number of benzene rings is 1. The summed E-state index contributed by atoms with van der Waals surface area (Å²) in [6.07, 6.45) is 0. The highest BCUT2D eigenvalue weighted by Gasteiger charge is 2.01. The van der Waals surface area contributed by atoms with Crippen molar-refractivity contribution in [3.63, 3.8) is 0 Å². The second kappa shape index (κ2) is 2.48. The van der Waals surface area contributed by atoms with Gasteiger partial charge in [0.25, 0.3) is 0 Å². The van der Waals surface area contributed by atoms with Crippen molar-refractivity contribution in [1.29, 1.82) is 0 Å². The van der Waals surface area contributed by atoms with Gasteiger partial charge in [0.05, 0.1) is 0 Å². The van der Waals surface area contributed by atoms with E-state index in [-0.39, 0.29) is 0 Å². The smallest absolute Gasteiger partial charge is 0.137 e. The average molecular weight is 163 g/mol. The van der Waals surface area contributed by atoms with Crippen LogP contribution in [0.2, 0.25) is 0 Å². The average Bonchev–Trinajstić information content (AvgIpc) is 2.49. The Labute approximate surface area is 69.7 Å². The highest BCUT2D eigenvalue weighted by molar-refractivity contribution is 5.77. The van der Waals surface area contributed by atoms with Gasteiger partial charge in [-0.3, -0.25) is 0 Å². The highest BCUT2D eigenvalue weighted by atomic mass is 16.6. The summed E-state index contributed by atoms with van der Waals surface area (Å²) in [5, 5.41) is 7.46. The summed E-state index contributed by atoms with van der Waals surface area (Å²) >= 11 is 0. The number of hydrogen-bond acceptors (Lipinski definition) is 4. The van der Waals surface area contributed by atoms with Crippen LogP contribution in [-0.4, -0.2) is 24.4 Å². The lowest BCUT2D eigenvalue weighted by Gasteiger charge is -2.10. The van der Waals surface area contributed by atoms with E-state index in [4.69, 9.17) is 0 Å². The summed E-state index contributed by atoms with van der Waals surface area (Å²) in [5.41, 5.74) is 2.68. The van der Waals surface area contributed by atoms with Crippen LogP contribution in [0, 0.1) is 0 Å². The molecule has 0 aliphatic rings. The Morgan fingerprint density at radius 2 is 1.92 bits per heavy atom. The predicted molar refractivity (Wildman–Crippen MR) is 46.1 cm³/mol. The Balaban J connectivity index is 2.60. The molecule has 1 aromatic carbocycles. The summed E-state index contributed by atoms with van der Waals surface area (Å²) in [5.74, 6) is 0. The van der Waals surface area contributed by atoms with Crippen LogP contribution in [0.25, 0.3) is 11.0 Å². The molecule has 0 atom stereocenters. The number of anilines is 1. The molecule has 4 heteroatoms. The van der Waals surface area contributed by atoms with Crippen molar-refractivity contribution >= 4 is 16.7 Å². The minimum Gasteiger partial charge on any atom is -0.378 e. The SMILES string of the molecule is CN(C)c1ccc2nonc2c1. The molecule has 0 unspecified atom stereocenters. The molecule has 62 valence electrons. The zero-order chi connectivity index (χ0) is 8.55. The first-order chi connectivity index (χ1) is 5.77. The normalized spacial score (nSPS) is 10.5. The van der Waals surface area contributed by atoms with Gasteiger partial charge in [0.2, 0.25) is 0 Å². The van der Waals surface area contributed by atoms with E-state index >= 15 is 0 Å². The first kappa shape index (κ1) is 7.09. The van der Waals surface area contributed by atoms with Crippen molar-refractivity contribution in [3.8, 4) is 0 Å². The van der Waals surface area contributed by atoms with Gasteiger partial charge in [-0.05, 0) is 28.5 Å². The fourth-order valence-electron chi connectivity index (χ4n) is 1.05. The standard InChI is InChI=1S/C8H9N3O/c1-11(2)6-3-4-7-8(5-6)10-12-9-7/h3-5H,1-2H3. The first-order valence-electron chi connectivity index (χ1n) is 3.67. The molecule has 1 aromatic heterocycles. The lowest BCUT2D eigenvalue weighted by atomic mass is 10.2. The number of aromatic nitrogens is 2. The van der Waals surface area contributed by atoms with Gasteiger partial charge in [0.1, 0.15) is 11.0 Å². The van der Waals surface area contributed by atoms with Gasteiger partial charge in [0, 0.05) is 19.8 Å². The molecule has 1 heterocycles. The van der Waals surface area contributed by atoms with E-state index in [1.165, 1.54) is 0 Å². The van der Waals surface area contributed by atoms with E-state index in [9.17, 15) is 0 Å². The molecular weight excluding hydrogens is 154 g/mol. The molecule has 12 heavy (non-hydrogen) atoms. The Bertz CT molecular complexity index is 394. The summed E-state index contributed by atoms with van der Waals surface area (Å²) in [4.78, 5) is 2.01. The highest BCUT2D eigenvalue weighted by Crippen LogP contribution is 2.17. The van der Waals surface area contributed by atoms with Crippen LogP contribution in [0.15, 0.2) is 22.8 Å². The van der Waals surface area contributed by atoms with Gasteiger partial charge in [-0.1, -0.05) is 0 Å². The minimum atomic E-state index is 0.792. The van der Waals surface area contributed by atoms with Gasteiger partial charge in [-0.15, -0.1) is 0 Å². The molecule has 0 saturated heterocycles. The lowest BCUT2D eigenvalue weighted by Crippen LogP contribution is -2.07. The quantitative estimate of drug-likeness (QED) is 0.635. The number of nitrogens with zero attached hydrogens (tertiary/aromatic N) is 3. The van der Waals surface area contributed by atoms with Crippen molar-refractivity contribution in [3.05, 3.63) is 18.2 Å². The van der Waals surface area contributed by atoms with Crippen molar-refractivity contribution < 1.29 is 4.63 Å². The fourth-order valence-corrected chi connectivity index (χ4v) is 1.05. The second-order valence-electron chi connectivity index (χ2n) is 2.83. The third-order valence-corrected chi connectivity index (χ3v) is 1.75. The monoisotopic (exact) mass is 163 g/mol. The fraction of sp³-hybridized carbons (Fsp3) is 0.250. The summed E-state index contributed by atoms with van der Waals surface area (Å²) in [6.45, 7) is 0. The van der Waals surface area contributed by atoms with Crippen LogP contribution in [-0.2, 0) is 0 Å². The maximum absolute atomic E-state index is 4.58. The number of fused-ring (bicyclic) bond motifs is 1. The molecule has 2 aromatic rings. The Hall–Kier alpha value is -1.58. The summed E-state index contributed by atoms with van der Waals surface area (Å²) in [7, 11) is 3.96. The molecule has 0 saturated carbocycles. The largest absolute Gasteiger partial charge is 0.378 e. The van der Waals surface area contributed by atoms with Crippen LogP contribution in [0.5, 0.6) is 0 Å². The molecule has 0 fully saturated rings. The van der Waals surface area contributed by atoms with E-state index in [1.54, 1.807) is 0 Å². The first-order valence-corrected chi connectivity index (χ1v) is 3.67. The molecule has 0 N–H and O–H groups in total. The van der Waals surface area contributed by atoms with Gasteiger partial charge >= 0.3 is 0 Å². The Kier molecular flexibility index (Phi) is 1.46. The Morgan fingerprint density at radius 3 is 2.67 bits per heavy atom. The predicted octanol–water partition coefficient (Wildman–Crippen LogP) is 1.29. The zero-order valence-electron chi connectivity index (χ0n) is 6.98. The Morgan fingerprint density at radius 1 is 1.17 bits per heavy atom. The van der Waals surface area contributed by atoms with Crippen LogP contribution >= 0.6 is 0 Å². The molecule has 0 spiro atoms. The van der Waals surface area contributed by atoms with Crippen molar-refractivity contribution in [2.75, 3.05) is 19.0 Å². The van der Waals surface area contributed by atoms with Crippen molar-refractivity contribution in [2.24, 2.45) is 0 Å². The second-order valence-corrected chi connectivity index (χ2v) is 2.83. The van der Waals surface area contributed by atoms with Crippen molar-refractivity contribution in [2.45, 2.75) is 0 Å². The van der Waals surface area contributed by atoms with Gasteiger partial charge in [-0.25, -0.2) is 4.63 Å². The summed E-state index contributed by atoms with van der Waals surface area (Å²) in [6, 6.07) is 5.81. The van der Waals surface area contributed by atoms with Crippen molar-refractivity contribution in [1.82, 2.24) is 10.3 Å². The molecule has 0 amide bonds. The van der Waals surface area contributed by atoms with E-state index < -0.39 is 0 Å². The summed E-state index contributed by atoms with van der Waals surface area (Å²) < 4.78 is 4.58. The van der Waals surface area contributed by atoms with Crippen LogP contribution in [0.1, 0.15) is 0 Å². The third kappa shape index (κ3) is 1.01. The lowest BCUT2D eigenvalue weighted by molar-refractivity contribution is 0.315. The van der Waals surface area contributed by atoms with E-state index in [2.05, 4.69) is 14.9 Å². The van der Waals surface area contributed by atoms with Gasteiger partial charge in [0.15, 0.2) is 0 Å². The molecular formula is C8H9N3O. The third-order valence-electron chi connectivity index (χ3n) is 1.75. The van der Waals surface area contributed by atoms with E-state index in [1.807, 2.05) is 37.2 Å². The van der Waals surface area contributed by atoms with Crippen LogP contribution in [0.3, 0.4) is 0 Å². The van der Waals surface area contributed by atoms with E-state index in [0.29, 0.717) is 0 Å². The molecule has 0 aliphatic heterocycles. The zero-order valence-corrected chi connectivity index (χ0v) is 6.98. The number of hydrogen-bond donors (Lipinski definition) is 0. The molecule has 2 rings (SSSR count). The molecule has 4 nitrogen and oxygen atoms in total. The van der Waals surface area contributed by atoms with E-state index in [0.717, 1.165) is 16.7 Å². The van der Waals surface area contributed by atoms with Gasteiger partial charge in [-0.2, -0.15) is 0 Å². The molecule has 0 bridgehead atoms. The molecule has 0 aliphatic carbocycles.